The maximum atomic E-state index is 5.28. The van der Waals surface area contributed by atoms with Crippen LogP contribution >= 0.6 is 0 Å². The lowest BCUT2D eigenvalue weighted by Crippen LogP contribution is -1.79. The molecule has 0 saturated heterocycles. The predicted octanol–water partition coefficient (Wildman–Crippen LogP) is 0.920. The van der Waals surface area contributed by atoms with Crippen LogP contribution in [0.4, 0.5) is 6.01 Å². The molecule has 2 N–H and O–H groups in total. The van der Waals surface area contributed by atoms with E-state index in [1.807, 2.05) is 0 Å². The molecule has 0 aliphatic rings. The second-order valence-corrected chi connectivity index (χ2v) is 2.30. The Labute approximate surface area is 73.3 Å². The fourth-order valence-electron chi connectivity index (χ4n) is 0.873. The van der Waals surface area contributed by atoms with Gasteiger partial charge in [-0.05, 0) is 5.16 Å². The largest absolute Gasteiger partial charge is 0.479 e. The first kappa shape index (κ1) is 7.66. The van der Waals surface area contributed by atoms with E-state index in [1.165, 1.54) is 13.3 Å². The molecule has 6 heteroatoms. The maximum absolute atomic E-state index is 5.28. The van der Waals surface area contributed by atoms with Gasteiger partial charge in [0, 0.05) is 0 Å². The number of oxazole rings is 1. The summed E-state index contributed by atoms with van der Waals surface area (Å²) in [6.07, 6.45) is 1.45. The molecule has 0 aliphatic heterocycles. The van der Waals surface area contributed by atoms with E-state index in [0.29, 0.717) is 17.4 Å². The van der Waals surface area contributed by atoms with Gasteiger partial charge in [-0.1, -0.05) is 0 Å². The normalized spacial score (nSPS) is 10.2. The van der Waals surface area contributed by atoms with Crippen molar-refractivity contribution in [1.82, 2.24) is 10.1 Å². The third kappa shape index (κ3) is 1.33. The minimum Gasteiger partial charge on any atom is -0.479 e. The Kier molecular flexibility index (Phi) is 1.66. The maximum Gasteiger partial charge on any atom is 0.292 e. The zero-order valence-electron chi connectivity index (χ0n) is 6.85. The van der Waals surface area contributed by atoms with Crippen LogP contribution in [0.3, 0.4) is 0 Å². The molecule has 0 aromatic carbocycles. The summed E-state index contributed by atoms with van der Waals surface area (Å²) in [4.78, 5) is 3.71. The molecule has 0 saturated carbocycles. The number of nitrogens with two attached hydrogens (primary N) is 1. The number of ether oxygens (including phenoxy) is 1. The quantitative estimate of drug-likeness (QED) is 0.741. The highest BCUT2D eigenvalue weighted by Crippen LogP contribution is 2.24. The zero-order chi connectivity index (χ0) is 9.26. The lowest BCUT2D eigenvalue weighted by Gasteiger charge is -1.84. The van der Waals surface area contributed by atoms with Crippen LogP contribution in [0.15, 0.2) is 21.2 Å². The van der Waals surface area contributed by atoms with Gasteiger partial charge in [-0.25, -0.2) is 4.98 Å². The molecular weight excluding hydrogens is 174 g/mol. The smallest absolute Gasteiger partial charge is 0.292 e. The fourth-order valence-corrected chi connectivity index (χ4v) is 0.873. The number of rotatable bonds is 2. The standard InChI is InChI=1S/C7H7N3O3/c1-11-6-2-4(13-10-6)5-3-9-7(8)12-5/h2-3H,1H3,(H2,8,9). The Morgan fingerprint density at radius 1 is 1.46 bits per heavy atom. The summed E-state index contributed by atoms with van der Waals surface area (Å²) in [5.74, 6) is 1.24. The average Bonchev–Trinajstić information content (AvgIpc) is 2.71. The van der Waals surface area contributed by atoms with Crippen LogP contribution in [0.25, 0.3) is 11.5 Å². The van der Waals surface area contributed by atoms with Crippen molar-refractivity contribution in [1.29, 1.82) is 0 Å². The van der Waals surface area contributed by atoms with Crippen molar-refractivity contribution in [2.75, 3.05) is 12.8 Å². The first-order chi connectivity index (χ1) is 6.29. The summed E-state index contributed by atoms with van der Waals surface area (Å²) in [7, 11) is 1.50. The summed E-state index contributed by atoms with van der Waals surface area (Å²) in [5.41, 5.74) is 5.28. The van der Waals surface area contributed by atoms with E-state index in [2.05, 4.69) is 10.1 Å². The lowest BCUT2D eigenvalue weighted by molar-refractivity contribution is 0.340. The van der Waals surface area contributed by atoms with Crippen molar-refractivity contribution in [2.24, 2.45) is 0 Å². The second kappa shape index (κ2) is 2.81. The van der Waals surface area contributed by atoms with Crippen LogP contribution in [0.2, 0.25) is 0 Å². The molecule has 0 aliphatic carbocycles. The molecule has 0 amide bonds. The highest BCUT2D eigenvalue weighted by Gasteiger charge is 2.10. The Balaban J connectivity index is 2.35. The van der Waals surface area contributed by atoms with E-state index in [-0.39, 0.29) is 6.01 Å². The molecule has 0 spiro atoms. The van der Waals surface area contributed by atoms with Gasteiger partial charge >= 0.3 is 0 Å². The number of nitrogen functional groups attached to an aromatic ring is 1. The molecule has 0 bridgehead atoms. The van der Waals surface area contributed by atoms with E-state index in [4.69, 9.17) is 19.4 Å². The number of anilines is 1. The SMILES string of the molecule is COc1cc(-c2cnc(N)o2)on1. The Bertz CT molecular complexity index is 407. The van der Waals surface area contributed by atoms with E-state index in [1.54, 1.807) is 6.07 Å². The van der Waals surface area contributed by atoms with Gasteiger partial charge in [0.2, 0.25) is 5.76 Å². The van der Waals surface area contributed by atoms with E-state index >= 15 is 0 Å². The minimum absolute atomic E-state index is 0.0883. The number of hydrogen-bond donors (Lipinski definition) is 1. The van der Waals surface area contributed by atoms with Gasteiger partial charge in [-0.15, -0.1) is 0 Å². The number of methoxy groups -OCH3 is 1. The molecule has 2 heterocycles. The van der Waals surface area contributed by atoms with Crippen molar-refractivity contribution < 1.29 is 13.7 Å². The third-order valence-corrected chi connectivity index (χ3v) is 1.46. The summed E-state index contributed by atoms with van der Waals surface area (Å²) >= 11 is 0. The van der Waals surface area contributed by atoms with Gasteiger partial charge in [-0.3, -0.25) is 0 Å². The topological polar surface area (TPSA) is 87.3 Å². The van der Waals surface area contributed by atoms with Gasteiger partial charge in [-0.2, -0.15) is 0 Å². The lowest BCUT2D eigenvalue weighted by atomic mass is 10.4. The van der Waals surface area contributed by atoms with E-state index in [0.717, 1.165) is 0 Å². The van der Waals surface area contributed by atoms with Crippen LogP contribution < -0.4 is 10.5 Å². The third-order valence-electron chi connectivity index (χ3n) is 1.46. The van der Waals surface area contributed by atoms with Crippen LogP contribution in [-0.2, 0) is 0 Å². The molecule has 0 radical (unpaired) electrons. The number of nitrogens with zero attached hydrogens (tertiary/aromatic N) is 2. The van der Waals surface area contributed by atoms with Gasteiger partial charge in [0.25, 0.3) is 11.9 Å². The monoisotopic (exact) mass is 181 g/mol. The van der Waals surface area contributed by atoms with Gasteiger partial charge in [0.05, 0.1) is 19.4 Å². The molecule has 2 aromatic rings. The molecule has 68 valence electrons. The van der Waals surface area contributed by atoms with Gasteiger partial charge < -0.3 is 19.4 Å². The minimum atomic E-state index is 0.0883. The zero-order valence-corrected chi connectivity index (χ0v) is 6.85. The molecule has 0 unspecified atom stereocenters. The van der Waals surface area contributed by atoms with Crippen molar-refractivity contribution in [3.05, 3.63) is 12.3 Å². The van der Waals surface area contributed by atoms with Gasteiger partial charge in [0.15, 0.2) is 5.76 Å². The fraction of sp³-hybridized carbons (Fsp3) is 0.143. The van der Waals surface area contributed by atoms with Crippen LogP contribution in [0.5, 0.6) is 5.88 Å². The second-order valence-electron chi connectivity index (χ2n) is 2.30. The average molecular weight is 181 g/mol. The van der Waals surface area contributed by atoms with E-state index in [9.17, 15) is 0 Å². The Hall–Kier alpha value is -1.98. The van der Waals surface area contributed by atoms with Crippen molar-refractivity contribution in [3.63, 3.8) is 0 Å². The van der Waals surface area contributed by atoms with Crippen molar-refractivity contribution >= 4 is 6.01 Å². The highest BCUT2D eigenvalue weighted by atomic mass is 16.5. The van der Waals surface area contributed by atoms with Crippen LogP contribution in [0, 0.1) is 0 Å². The van der Waals surface area contributed by atoms with Crippen molar-refractivity contribution in [2.45, 2.75) is 0 Å². The molecule has 6 nitrogen and oxygen atoms in total. The van der Waals surface area contributed by atoms with Crippen LogP contribution in [0.1, 0.15) is 0 Å². The highest BCUT2D eigenvalue weighted by molar-refractivity contribution is 5.50. The summed E-state index contributed by atoms with van der Waals surface area (Å²) in [6, 6.07) is 1.67. The summed E-state index contributed by atoms with van der Waals surface area (Å²) in [6.45, 7) is 0. The molecule has 0 fully saturated rings. The molecule has 2 aromatic heterocycles. The molecule has 2 rings (SSSR count). The van der Waals surface area contributed by atoms with Crippen LogP contribution in [-0.4, -0.2) is 17.3 Å². The summed E-state index contributed by atoms with van der Waals surface area (Å²) < 4.78 is 14.7. The Morgan fingerprint density at radius 2 is 2.31 bits per heavy atom. The first-order valence-corrected chi connectivity index (χ1v) is 3.52. The number of hydrogen-bond acceptors (Lipinski definition) is 6. The Morgan fingerprint density at radius 3 is 2.85 bits per heavy atom. The molecule has 0 atom stereocenters. The molecule has 13 heavy (non-hydrogen) atoms. The van der Waals surface area contributed by atoms with Crippen molar-refractivity contribution in [3.8, 4) is 17.4 Å². The first-order valence-electron chi connectivity index (χ1n) is 3.52. The number of aromatic nitrogens is 2. The molecular formula is C7H7N3O3. The summed E-state index contributed by atoms with van der Waals surface area (Å²) in [5, 5.41) is 3.59. The van der Waals surface area contributed by atoms with E-state index < -0.39 is 0 Å². The van der Waals surface area contributed by atoms with Gasteiger partial charge in [0.1, 0.15) is 0 Å². The predicted molar refractivity (Wildman–Crippen MR) is 43.0 cm³/mol.